The van der Waals surface area contributed by atoms with Crippen molar-refractivity contribution < 1.29 is 14.3 Å². The number of carbonyl (C=O) groups is 1. The summed E-state index contributed by atoms with van der Waals surface area (Å²) in [5.74, 6) is 0.416. The molecule has 2 rings (SSSR count). The van der Waals surface area contributed by atoms with E-state index in [1.165, 1.54) is 0 Å². The van der Waals surface area contributed by atoms with Crippen molar-refractivity contribution in [3.05, 3.63) is 65.7 Å². The summed E-state index contributed by atoms with van der Waals surface area (Å²) in [6.07, 6.45) is 5.29. The molecule has 0 aliphatic rings. The highest BCUT2D eigenvalue weighted by Gasteiger charge is 2.06. The first-order valence-corrected chi connectivity index (χ1v) is 8.85. The van der Waals surface area contributed by atoms with E-state index in [2.05, 4.69) is 13.0 Å². The monoisotopic (exact) mass is 349 g/mol. The summed E-state index contributed by atoms with van der Waals surface area (Å²) in [7, 11) is 0. The summed E-state index contributed by atoms with van der Waals surface area (Å²) < 4.78 is 10.2. The lowest BCUT2D eigenvalue weighted by molar-refractivity contribution is 0.0973. The van der Waals surface area contributed by atoms with Gasteiger partial charge >= 0.3 is 6.16 Å². The first kappa shape index (κ1) is 19.3. The second-order valence-corrected chi connectivity index (χ2v) is 5.87. The Morgan fingerprint density at radius 2 is 1.77 bits per heavy atom. The third-order valence-electron chi connectivity index (χ3n) is 3.82. The fourth-order valence-electron chi connectivity index (χ4n) is 2.41. The molecule has 2 aromatic rings. The van der Waals surface area contributed by atoms with Gasteiger partial charge in [0, 0.05) is 0 Å². The van der Waals surface area contributed by atoms with E-state index in [0.29, 0.717) is 17.9 Å². The highest BCUT2D eigenvalue weighted by molar-refractivity contribution is 5.89. The number of benzene rings is 2. The molecular weight excluding hydrogens is 326 g/mol. The molecule has 0 saturated heterocycles. The van der Waals surface area contributed by atoms with Gasteiger partial charge in [0.1, 0.15) is 5.75 Å². The van der Waals surface area contributed by atoms with Gasteiger partial charge in [-0.15, -0.1) is 0 Å². The van der Waals surface area contributed by atoms with E-state index in [0.717, 1.165) is 36.8 Å². The summed E-state index contributed by atoms with van der Waals surface area (Å²) in [5, 5.41) is 9.35. The molecule has 0 heterocycles. The Kier molecular flexibility index (Phi) is 7.95. The Labute approximate surface area is 154 Å². The lowest BCUT2D eigenvalue weighted by atomic mass is 10.0. The Hall–Kier alpha value is -3.06. The Morgan fingerprint density at radius 1 is 1.04 bits per heavy atom. The minimum Gasteiger partial charge on any atom is -0.434 e. The van der Waals surface area contributed by atoms with Crippen molar-refractivity contribution >= 4 is 17.8 Å². The van der Waals surface area contributed by atoms with Crippen molar-refractivity contribution in [2.24, 2.45) is 0 Å². The Bertz CT molecular complexity index is 758. The van der Waals surface area contributed by atoms with Gasteiger partial charge in [-0.1, -0.05) is 68.7 Å². The zero-order valence-corrected chi connectivity index (χ0v) is 15.0. The second kappa shape index (κ2) is 10.7. The number of hydrogen-bond acceptors (Lipinski definition) is 4. The third kappa shape index (κ3) is 6.45. The Morgan fingerprint density at radius 3 is 2.42 bits per heavy atom. The van der Waals surface area contributed by atoms with Crippen LogP contribution in [0.5, 0.6) is 5.75 Å². The third-order valence-corrected chi connectivity index (χ3v) is 3.82. The van der Waals surface area contributed by atoms with Crippen molar-refractivity contribution in [2.45, 2.75) is 32.6 Å². The van der Waals surface area contributed by atoms with E-state index in [1.54, 1.807) is 30.3 Å². The van der Waals surface area contributed by atoms with E-state index >= 15 is 0 Å². The second-order valence-electron chi connectivity index (χ2n) is 5.87. The zero-order valence-electron chi connectivity index (χ0n) is 15.0. The molecule has 4 nitrogen and oxygen atoms in total. The van der Waals surface area contributed by atoms with Crippen LogP contribution in [0.25, 0.3) is 11.6 Å². The number of allylic oxidation sites excluding steroid dienone is 1. The van der Waals surface area contributed by atoms with Gasteiger partial charge < -0.3 is 9.47 Å². The fourth-order valence-corrected chi connectivity index (χ4v) is 2.41. The van der Waals surface area contributed by atoms with Gasteiger partial charge in [-0.3, -0.25) is 0 Å². The highest BCUT2D eigenvalue weighted by Crippen LogP contribution is 2.19. The molecule has 26 heavy (non-hydrogen) atoms. The molecule has 0 bridgehead atoms. The van der Waals surface area contributed by atoms with Gasteiger partial charge in [-0.2, -0.15) is 5.26 Å². The predicted molar refractivity (Wildman–Crippen MR) is 102 cm³/mol. The van der Waals surface area contributed by atoms with Crippen LogP contribution in [0.3, 0.4) is 0 Å². The number of rotatable bonds is 8. The smallest absolute Gasteiger partial charge is 0.434 e. The summed E-state index contributed by atoms with van der Waals surface area (Å²) in [5.41, 5.74) is 2.29. The van der Waals surface area contributed by atoms with Gasteiger partial charge in [-0.25, -0.2) is 4.79 Å². The first-order valence-electron chi connectivity index (χ1n) is 8.85. The van der Waals surface area contributed by atoms with Crippen LogP contribution >= 0.6 is 0 Å². The molecule has 4 heteroatoms. The van der Waals surface area contributed by atoms with Gasteiger partial charge in [0.2, 0.25) is 0 Å². The van der Waals surface area contributed by atoms with Gasteiger partial charge in [0.15, 0.2) is 0 Å². The molecular formula is C22H23NO3. The van der Waals surface area contributed by atoms with Gasteiger partial charge in [0.05, 0.1) is 18.2 Å². The minimum absolute atomic E-state index is 0.377. The highest BCUT2D eigenvalue weighted by atomic mass is 16.7. The zero-order chi connectivity index (χ0) is 18.6. The molecule has 0 aliphatic heterocycles. The maximum absolute atomic E-state index is 11.6. The van der Waals surface area contributed by atoms with E-state index in [4.69, 9.17) is 9.47 Å². The lowest BCUT2D eigenvalue weighted by Gasteiger charge is -2.06. The fraction of sp³-hybridized carbons (Fsp3) is 0.273. The maximum Gasteiger partial charge on any atom is 0.513 e. The topological polar surface area (TPSA) is 59.3 Å². The molecule has 0 aliphatic carbocycles. The SMILES string of the molecule is CCCCCCOC(=O)Oc1ccc(/C=C(\C#N)c2ccccc2)cc1. The molecule has 0 unspecified atom stereocenters. The molecule has 0 fully saturated rings. The normalized spacial score (nSPS) is 10.8. The van der Waals surface area contributed by atoms with Crippen LogP contribution in [0, 0.1) is 11.3 Å². The maximum atomic E-state index is 11.6. The van der Waals surface area contributed by atoms with Crippen molar-refractivity contribution in [1.29, 1.82) is 5.26 Å². The summed E-state index contributed by atoms with van der Waals surface area (Å²) in [4.78, 5) is 11.6. The van der Waals surface area contributed by atoms with Crippen LogP contribution in [0.4, 0.5) is 4.79 Å². The molecule has 134 valence electrons. The van der Waals surface area contributed by atoms with Gasteiger partial charge in [0.25, 0.3) is 0 Å². The summed E-state index contributed by atoms with van der Waals surface area (Å²) >= 11 is 0. The van der Waals surface area contributed by atoms with Crippen LogP contribution in [0.15, 0.2) is 54.6 Å². The number of hydrogen-bond donors (Lipinski definition) is 0. The van der Waals surface area contributed by atoms with Crippen LogP contribution in [0.1, 0.15) is 43.7 Å². The molecule has 0 N–H and O–H groups in total. The van der Waals surface area contributed by atoms with Crippen molar-refractivity contribution in [3.8, 4) is 11.8 Å². The van der Waals surface area contributed by atoms with Crippen molar-refractivity contribution in [2.75, 3.05) is 6.61 Å². The Balaban J connectivity index is 1.90. The molecule has 0 saturated carbocycles. The standard InChI is InChI=1S/C22H23NO3/c1-2-3-4-8-15-25-22(24)26-21-13-11-18(12-14-21)16-20(17-23)19-9-6-5-7-10-19/h5-7,9-14,16H,2-4,8,15H2,1H3/b20-16+. The van der Waals surface area contributed by atoms with Crippen LogP contribution < -0.4 is 4.74 Å². The average molecular weight is 349 g/mol. The van der Waals surface area contributed by atoms with Crippen molar-refractivity contribution in [1.82, 2.24) is 0 Å². The number of nitrogens with zero attached hydrogens (tertiary/aromatic N) is 1. The molecule has 0 atom stereocenters. The van der Waals surface area contributed by atoms with E-state index in [9.17, 15) is 10.1 Å². The number of unbranched alkanes of at least 4 members (excludes halogenated alkanes) is 3. The minimum atomic E-state index is -0.688. The number of ether oxygens (including phenoxy) is 2. The number of carbonyl (C=O) groups excluding carboxylic acids is 1. The summed E-state index contributed by atoms with van der Waals surface area (Å²) in [6.45, 7) is 2.51. The van der Waals surface area contributed by atoms with E-state index in [1.807, 2.05) is 30.3 Å². The molecule has 0 aromatic heterocycles. The lowest BCUT2D eigenvalue weighted by Crippen LogP contribution is -2.11. The van der Waals surface area contributed by atoms with Crippen LogP contribution in [-0.4, -0.2) is 12.8 Å². The average Bonchev–Trinajstić information content (AvgIpc) is 2.68. The number of nitriles is 1. The van der Waals surface area contributed by atoms with Gasteiger partial charge in [-0.05, 0) is 35.8 Å². The largest absolute Gasteiger partial charge is 0.513 e. The van der Waals surface area contributed by atoms with E-state index < -0.39 is 6.16 Å². The van der Waals surface area contributed by atoms with Crippen LogP contribution in [-0.2, 0) is 4.74 Å². The molecule has 0 amide bonds. The predicted octanol–water partition coefficient (Wildman–Crippen LogP) is 5.85. The van der Waals surface area contributed by atoms with E-state index in [-0.39, 0.29) is 0 Å². The first-order chi connectivity index (χ1) is 12.7. The van der Waals surface area contributed by atoms with Crippen molar-refractivity contribution in [3.63, 3.8) is 0 Å². The molecule has 2 aromatic carbocycles. The van der Waals surface area contributed by atoms with Crippen LogP contribution in [0.2, 0.25) is 0 Å². The quantitative estimate of drug-likeness (QED) is 0.197. The molecule has 0 spiro atoms. The molecule has 0 radical (unpaired) electrons. The summed E-state index contributed by atoms with van der Waals surface area (Å²) in [6, 6.07) is 18.7.